The minimum Gasteiger partial charge on any atom is -0.481 e. The van der Waals surface area contributed by atoms with Gasteiger partial charge in [-0.2, -0.15) is 0 Å². The van der Waals surface area contributed by atoms with Gasteiger partial charge in [-0.05, 0) is 29.5 Å². The minimum atomic E-state index is -0.582. The van der Waals surface area contributed by atoms with Crippen molar-refractivity contribution in [2.45, 2.75) is 8.35 Å². The fourth-order valence-corrected chi connectivity index (χ4v) is 0.679. The van der Waals surface area contributed by atoms with E-state index in [1.165, 1.54) is 0 Å². The molecule has 0 saturated heterocycles. The molecule has 0 aliphatic heterocycles. The molecule has 54 valence electrons. The maximum absolute atomic E-state index is 8.57. The van der Waals surface area contributed by atoms with E-state index in [1.807, 2.05) is 29.5 Å². The van der Waals surface area contributed by atoms with Gasteiger partial charge in [0.1, 0.15) is 1.43 Å². The molecule has 0 amide bonds. The van der Waals surface area contributed by atoms with Gasteiger partial charge >= 0.3 is 0 Å². The van der Waals surface area contributed by atoms with Crippen molar-refractivity contribution in [3.05, 3.63) is 9.53 Å². The quantitative estimate of drug-likeness (QED) is 0.354. The summed E-state index contributed by atoms with van der Waals surface area (Å²) in [5.41, 5.74) is 0. The molecule has 9 heavy (non-hydrogen) atoms. The summed E-state index contributed by atoms with van der Waals surface area (Å²) in [4.78, 5) is 0. The summed E-state index contributed by atoms with van der Waals surface area (Å²) in [6, 6.07) is 0. The van der Waals surface area contributed by atoms with Gasteiger partial charge in [0, 0.05) is 0 Å². The molecule has 0 aromatic heterocycles. The van der Waals surface area contributed by atoms with Crippen LogP contribution < -0.4 is 0 Å². The van der Waals surface area contributed by atoms with E-state index in [0.29, 0.717) is 3.58 Å². The van der Waals surface area contributed by atoms with E-state index in [9.17, 15) is 0 Å². The largest absolute Gasteiger partial charge is 0.481 e. The third-order valence-electron chi connectivity index (χ3n) is 0.582. The second-order valence-electron chi connectivity index (χ2n) is 1.53. The number of hydrogen-bond donors (Lipinski definition) is 2. The molecule has 0 spiro atoms. The molecule has 2 N–H and O–H groups in total. The molecule has 0 fully saturated rings. The molecule has 0 atom stereocenters. The molecule has 0 rings (SSSR count). The van der Waals surface area contributed by atoms with Crippen LogP contribution in [0.15, 0.2) is 9.53 Å². The Kier molecular flexibility index (Phi) is 4.43. The summed E-state index contributed by atoms with van der Waals surface area (Å²) in [6.07, 6.45) is 0. The first kappa shape index (κ1) is 10.5. The summed E-state index contributed by atoms with van der Waals surface area (Å²) in [6.45, 7) is 1.89. The molecule has 0 bridgehead atoms. The molecule has 0 unspecified atom stereocenters. The van der Waals surface area contributed by atoms with Crippen LogP contribution >= 0.6 is 67.8 Å². The zero-order valence-electron chi connectivity index (χ0n) is 4.53. The van der Waals surface area contributed by atoms with Crippen LogP contribution in [0.3, 0.4) is 0 Å². The van der Waals surface area contributed by atoms with Gasteiger partial charge in [0.2, 0.25) is 0 Å². The lowest BCUT2D eigenvalue weighted by atomic mass is 10.5. The van der Waals surface area contributed by atoms with Crippen molar-refractivity contribution in [2.75, 3.05) is 0 Å². The Labute approximate surface area is 94.5 Å². The van der Waals surface area contributed by atoms with Gasteiger partial charge in [0.25, 0.3) is 5.95 Å². The van der Waals surface area contributed by atoms with Crippen molar-refractivity contribution >= 4 is 67.8 Å². The monoisotopic (exact) mass is 466 g/mol. The second-order valence-corrected chi connectivity index (χ2v) is 8.98. The van der Waals surface area contributed by atoms with Crippen LogP contribution in [0.2, 0.25) is 0 Å². The molecule has 2 nitrogen and oxygen atoms in total. The number of aliphatic hydroxyl groups excluding tert-OH is 1. The first-order valence-electron chi connectivity index (χ1n) is 2.01. The summed E-state index contributed by atoms with van der Waals surface area (Å²) in [7, 11) is 0. The molecule has 5 heteroatoms. The van der Waals surface area contributed by atoms with Crippen LogP contribution in [-0.2, 0) is 0 Å². The Balaban J connectivity index is 4.40. The SMILES string of the molecule is CC(I)(I)C(I)=C(O)O. The van der Waals surface area contributed by atoms with Gasteiger partial charge in [-0.25, -0.2) is 0 Å². The fraction of sp³-hybridized carbons (Fsp3) is 0.500. The topological polar surface area (TPSA) is 40.5 Å². The van der Waals surface area contributed by atoms with Gasteiger partial charge in [-0.15, -0.1) is 0 Å². The van der Waals surface area contributed by atoms with E-state index in [-0.39, 0.29) is 1.43 Å². The fourth-order valence-electron chi connectivity index (χ4n) is 0.196. The van der Waals surface area contributed by atoms with E-state index in [2.05, 4.69) is 45.2 Å². The van der Waals surface area contributed by atoms with Gasteiger partial charge in [0.15, 0.2) is 0 Å². The third-order valence-corrected chi connectivity index (χ3v) is 5.29. The first-order valence-corrected chi connectivity index (χ1v) is 5.25. The van der Waals surface area contributed by atoms with Crippen molar-refractivity contribution in [3.8, 4) is 0 Å². The third kappa shape index (κ3) is 4.06. The van der Waals surface area contributed by atoms with Crippen molar-refractivity contribution in [1.82, 2.24) is 0 Å². The van der Waals surface area contributed by atoms with E-state index < -0.39 is 5.95 Å². The molecule has 0 aliphatic rings. The molecule has 0 aliphatic carbocycles. The van der Waals surface area contributed by atoms with Gasteiger partial charge < -0.3 is 10.2 Å². The van der Waals surface area contributed by atoms with Gasteiger partial charge in [-0.3, -0.25) is 0 Å². The predicted octanol–water partition coefficient (Wildman–Crippen LogP) is 3.29. The van der Waals surface area contributed by atoms with Crippen molar-refractivity contribution in [2.24, 2.45) is 0 Å². The summed E-state index contributed by atoms with van der Waals surface area (Å²) in [5, 5.41) is 17.1. The maximum Gasteiger partial charge on any atom is 0.286 e. The lowest BCUT2D eigenvalue weighted by molar-refractivity contribution is 0.189. The Hall–Kier alpha value is 1.53. The van der Waals surface area contributed by atoms with Crippen molar-refractivity contribution in [1.29, 1.82) is 0 Å². The second kappa shape index (κ2) is 3.79. The van der Waals surface area contributed by atoms with Crippen LogP contribution in [0, 0.1) is 0 Å². The van der Waals surface area contributed by atoms with Crippen LogP contribution in [0.25, 0.3) is 0 Å². The Bertz CT molecular complexity index is 131. The van der Waals surface area contributed by atoms with Crippen molar-refractivity contribution < 1.29 is 10.2 Å². The number of hydrogen-bond acceptors (Lipinski definition) is 2. The van der Waals surface area contributed by atoms with E-state index >= 15 is 0 Å². The maximum atomic E-state index is 8.57. The highest BCUT2D eigenvalue weighted by molar-refractivity contribution is 14.2. The average Bonchev–Trinajstić information content (AvgIpc) is 1.62. The van der Waals surface area contributed by atoms with Crippen LogP contribution in [0.5, 0.6) is 0 Å². The average molecular weight is 466 g/mol. The highest BCUT2D eigenvalue weighted by atomic mass is 127. The number of halogens is 3. The molecule has 0 aromatic carbocycles. The van der Waals surface area contributed by atoms with Crippen molar-refractivity contribution in [3.63, 3.8) is 0 Å². The number of rotatable bonds is 1. The Morgan fingerprint density at radius 3 is 1.67 bits per heavy atom. The summed E-state index contributed by atoms with van der Waals surface area (Å²) in [5.74, 6) is -0.582. The molecule has 0 radical (unpaired) electrons. The smallest absolute Gasteiger partial charge is 0.286 e. The summed E-state index contributed by atoms with van der Waals surface area (Å²) < 4.78 is 0.343. The number of allylic oxidation sites excluding steroid dienone is 1. The zero-order chi connectivity index (χ0) is 7.65. The number of alkyl halides is 2. The lowest BCUT2D eigenvalue weighted by Crippen LogP contribution is -2.05. The van der Waals surface area contributed by atoms with Gasteiger partial charge in [0.05, 0.1) is 3.58 Å². The minimum absolute atomic E-state index is 0.213. The zero-order valence-corrected chi connectivity index (χ0v) is 11.0. The predicted molar refractivity (Wildman–Crippen MR) is 62.7 cm³/mol. The Morgan fingerprint density at radius 2 is 1.67 bits per heavy atom. The van der Waals surface area contributed by atoms with E-state index in [4.69, 9.17) is 10.2 Å². The van der Waals surface area contributed by atoms with E-state index in [1.54, 1.807) is 0 Å². The summed E-state index contributed by atoms with van der Waals surface area (Å²) >= 11 is 6.14. The molecular formula is C4H5I3O2. The van der Waals surface area contributed by atoms with Gasteiger partial charge in [-0.1, -0.05) is 45.2 Å². The van der Waals surface area contributed by atoms with Crippen LogP contribution in [0.1, 0.15) is 6.92 Å². The van der Waals surface area contributed by atoms with Crippen LogP contribution in [0.4, 0.5) is 0 Å². The van der Waals surface area contributed by atoms with E-state index in [0.717, 1.165) is 0 Å². The first-order chi connectivity index (χ1) is 3.85. The Morgan fingerprint density at radius 1 is 1.33 bits per heavy atom. The normalized spacial score (nSPS) is 11.1. The molecular weight excluding hydrogens is 461 g/mol. The molecule has 0 saturated carbocycles. The lowest BCUT2D eigenvalue weighted by Gasteiger charge is -2.11. The standard InChI is InChI=1S/C4H5I3O2/c1-4(6,7)2(5)3(8)9/h8-9H,1H3. The highest BCUT2D eigenvalue weighted by Crippen LogP contribution is 2.39. The highest BCUT2D eigenvalue weighted by Gasteiger charge is 2.22. The van der Waals surface area contributed by atoms with Crippen LogP contribution in [-0.4, -0.2) is 11.6 Å². The molecule has 0 heterocycles. The number of aliphatic hydroxyl groups is 2. The molecule has 0 aromatic rings.